The lowest BCUT2D eigenvalue weighted by atomic mass is 9.97. The van der Waals surface area contributed by atoms with Gasteiger partial charge >= 0.3 is 6.18 Å². The van der Waals surface area contributed by atoms with E-state index in [1.807, 2.05) is 31.2 Å². The van der Waals surface area contributed by atoms with Gasteiger partial charge in [-0.15, -0.1) is 11.3 Å². The molecule has 2 aromatic heterocycles. The van der Waals surface area contributed by atoms with Gasteiger partial charge in [0.05, 0.1) is 21.7 Å². The average Bonchev–Trinajstić information content (AvgIpc) is 3.20. The first-order valence-electron chi connectivity index (χ1n) is 11.4. The van der Waals surface area contributed by atoms with E-state index in [1.54, 1.807) is 0 Å². The van der Waals surface area contributed by atoms with Crippen molar-refractivity contribution >= 4 is 44.7 Å². The molecule has 2 heterocycles. The molecule has 0 spiro atoms. The van der Waals surface area contributed by atoms with Crippen molar-refractivity contribution in [2.45, 2.75) is 45.3 Å². The highest BCUT2D eigenvalue weighted by atomic mass is 35.5. The molecule has 186 valence electrons. The van der Waals surface area contributed by atoms with Crippen LogP contribution in [0.2, 0.25) is 5.02 Å². The number of halogens is 4. The molecule has 0 fully saturated rings. The number of anilines is 1. The molecule has 0 saturated carbocycles. The van der Waals surface area contributed by atoms with Gasteiger partial charge in [-0.1, -0.05) is 35.4 Å². The zero-order valence-corrected chi connectivity index (χ0v) is 20.8. The van der Waals surface area contributed by atoms with Gasteiger partial charge in [0.15, 0.2) is 0 Å². The Morgan fingerprint density at radius 3 is 2.69 bits per heavy atom. The van der Waals surface area contributed by atoms with Gasteiger partial charge in [0.1, 0.15) is 17.2 Å². The third kappa shape index (κ3) is 4.65. The number of carbonyl (C=O) groups is 1. The fourth-order valence-corrected chi connectivity index (χ4v) is 5.94. The molecular weight excluding hydrogens is 511 g/mol. The molecule has 5 rings (SSSR count). The molecule has 0 unspecified atom stereocenters. The van der Waals surface area contributed by atoms with Crippen molar-refractivity contribution in [3.05, 3.63) is 79.4 Å². The molecule has 0 bridgehead atoms. The smallest absolute Gasteiger partial charge is 0.323 e. The van der Waals surface area contributed by atoms with Gasteiger partial charge < -0.3 is 5.32 Å². The molecular formula is C26H21ClF3N3O2S. The van der Waals surface area contributed by atoms with Crippen molar-refractivity contribution in [1.82, 2.24) is 9.55 Å². The summed E-state index contributed by atoms with van der Waals surface area (Å²) in [5.74, 6) is -0.349. The summed E-state index contributed by atoms with van der Waals surface area (Å²) in [6, 6.07) is 10.1. The Morgan fingerprint density at radius 1 is 1.17 bits per heavy atom. The maximum atomic E-state index is 13.8. The van der Waals surface area contributed by atoms with E-state index in [9.17, 15) is 22.8 Å². The highest BCUT2D eigenvalue weighted by molar-refractivity contribution is 7.18. The molecule has 5 nitrogen and oxygen atoms in total. The molecule has 0 aliphatic heterocycles. The van der Waals surface area contributed by atoms with Crippen LogP contribution < -0.4 is 10.9 Å². The number of aromatic nitrogens is 2. The lowest BCUT2D eigenvalue weighted by Gasteiger charge is -2.15. The zero-order chi connectivity index (χ0) is 25.6. The highest BCUT2D eigenvalue weighted by Crippen LogP contribution is 2.36. The second-order valence-corrected chi connectivity index (χ2v) is 10.3. The van der Waals surface area contributed by atoms with E-state index < -0.39 is 24.2 Å². The highest BCUT2D eigenvalue weighted by Gasteiger charge is 2.31. The Balaban J connectivity index is 1.59. The Labute approximate surface area is 213 Å². The summed E-state index contributed by atoms with van der Waals surface area (Å²) in [4.78, 5) is 33.4. The molecule has 4 aromatic rings. The summed E-state index contributed by atoms with van der Waals surface area (Å²) in [5.41, 5.74) is 1.17. The van der Waals surface area contributed by atoms with Crippen molar-refractivity contribution in [1.29, 1.82) is 0 Å². The lowest BCUT2D eigenvalue weighted by Crippen LogP contribution is -2.30. The predicted molar refractivity (Wildman–Crippen MR) is 136 cm³/mol. The first-order valence-corrected chi connectivity index (χ1v) is 12.6. The van der Waals surface area contributed by atoms with E-state index in [0.717, 1.165) is 59.9 Å². The minimum absolute atomic E-state index is 0.0388. The Kier molecular flexibility index (Phi) is 6.38. The van der Waals surface area contributed by atoms with Crippen LogP contribution >= 0.6 is 22.9 Å². The fraction of sp³-hybridized carbons (Fsp3) is 0.269. The van der Waals surface area contributed by atoms with Gasteiger partial charge in [0, 0.05) is 10.4 Å². The van der Waals surface area contributed by atoms with Crippen LogP contribution in [0.15, 0.2) is 47.3 Å². The monoisotopic (exact) mass is 531 g/mol. The van der Waals surface area contributed by atoms with E-state index in [1.165, 1.54) is 15.9 Å². The maximum absolute atomic E-state index is 13.8. The molecule has 10 heteroatoms. The summed E-state index contributed by atoms with van der Waals surface area (Å²) < 4.78 is 40.8. The quantitative estimate of drug-likeness (QED) is 0.322. The molecule has 36 heavy (non-hydrogen) atoms. The van der Waals surface area contributed by atoms with Crippen LogP contribution in [-0.2, 0) is 30.4 Å². The van der Waals surface area contributed by atoms with Gasteiger partial charge in [-0.05, 0) is 62.4 Å². The van der Waals surface area contributed by atoms with Crippen molar-refractivity contribution < 1.29 is 18.0 Å². The minimum Gasteiger partial charge on any atom is -0.323 e. The molecule has 0 saturated heterocycles. The van der Waals surface area contributed by atoms with Gasteiger partial charge in [0.25, 0.3) is 5.56 Å². The number of nitrogens with one attached hydrogen (secondary N) is 1. The number of fused-ring (bicyclic) bond motifs is 3. The molecule has 0 radical (unpaired) electrons. The van der Waals surface area contributed by atoms with Crippen LogP contribution in [0, 0.1) is 6.92 Å². The second kappa shape index (κ2) is 9.37. The first-order chi connectivity index (χ1) is 17.1. The average molecular weight is 532 g/mol. The third-order valence-electron chi connectivity index (χ3n) is 6.22. The van der Waals surface area contributed by atoms with E-state index in [0.29, 0.717) is 21.6 Å². The number of hydrogen-bond donors (Lipinski definition) is 1. The van der Waals surface area contributed by atoms with Gasteiger partial charge in [-0.3, -0.25) is 14.2 Å². The van der Waals surface area contributed by atoms with Crippen molar-refractivity contribution in [3.8, 4) is 11.4 Å². The van der Waals surface area contributed by atoms with Crippen molar-refractivity contribution in [2.24, 2.45) is 0 Å². The lowest BCUT2D eigenvalue weighted by molar-refractivity contribution is -0.137. The minimum atomic E-state index is -4.59. The first kappa shape index (κ1) is 24.5. The molecule has 1 aliphatic rings. The molecule has 1 N–H and O–H groups in total. The second-order valence-electron chi connectivity index (χ2n) is 8.83. The van der Waals surface area contributed by atoms with Crippen LogP contribution in [-0.4, -0.2) is 15.5 Å². The number of benzene rings is 2. The summed E-state index contributed by atoms with van der Waals surface area (Å²) in [5, 5.41) is 2.92. The standard InChI is InChI=1S/C26H21ClF3N3O2S/c1-14-5-4-6-15(11-14)23-32-24-22(17-7-2-3-8-20(17)36-24)25(35)33(23)13-21(34)31-19-12-16(26(28,29)30)9-10-18(19)27/h4-6,9-12H,2-3,7-8,13H2,1H3,(H,31,34). The van der Waals surface area contributed by atoms with Crippen molar-refractivity contribution in [3.63, 3.8) is 0 Å². The summed E-state index contributed by atoms with van der Waals surface area (Å²) >= 11 is 7.56. The Hall–Kier alpha value is -3.17. The van der Waals surface area contributed by atoms with Crippen LogP contribution in [0.25, 0.3) is 21.6 Å². The SMILES string of the molecule is Cc1cccc(-c2nc3sc4c(c3c(=O)n2CC(=O)Nc2cc(C(F)(F)F)ccc2Cl)CCCC4)c1. The summed E-state index contributed by atoms with van der Waals surface area (Å²) in [6.45, 7) is 1.49. The molecule has 0 atom stereocenters. The number of aryl methyl sites for hydroxylation is 3. The summed E-state index contributed by atoms with van der Waals surface area (Å²) in [7, 11) is 0. The van der Waals surface area contributed by atoms with Crippen LogP contribution in [0.3, 0.4) is 0 Å². The number of alkyl halides is 3. The predicted octanol–water partition coefficient (Wildman–Crippen LogP) is 6.62. The third-order valence-corrected chi connectivity index (χ3v) is 7.74. The van der Waals surface area contributed by atoms with Crippen LogP contribution in [0.4, 0.5) is 18.9 Å². The number of rotatable bonds is 4. The topological polar surface area (TPSA) is 64.0 Å². The number of nitrogens with zero attached hydrogens (tertiary/aromatic N) is 2. The van der Waals surface area contributed by atoms with Crippen LogP contribution in [0.5, 0.6) is 0 Å². The van der Waals surface area contributed by atoms with Gasteiger partial charge in [-0.25, -0.2) is 4.98 Å². The number of hydrogen-bond acceptors (Lipinski definition) is 4. The number of thiophene rings is 1. The van der Waals surface area contributed by atoms with Crippen LogP contribution in [0.1, 0.15) is 34.4 Å². The normalized spacial score (nSPS) is 13.6. The Morgan fingerprint density at radius 2 is 1.94 bits per heavy atom. The number of amides is 1. The van der Waals surface area contributed by atoms with Crippen molar-refractivity contribution in [2.75, 3.05) is 5.32 Å². The van der Waals surface area contributed by atoms with E-state index >= 15 is 0 Å². The van der Waals surface area contributed by atoms with E-state index in [-0.39, 0.29) is 16.3 Å². The van der Waals surface area contributed by atoms with E-state index in [4.69, 9.17) is 16.6 Å². The molecule has 2 aromatic carbocycles. The zero-order valence-electron chi connectivity index (χ0n) is 19.2. The van der Waals surface area contributed by atoms with Gasteiger partial charge in [0.2, 0.25) is 5.91 Å². The largest absolute Gasteiger partial charge is 0.416 e. The molecule has 1 aliphatic carbocycles. The molecule has 1 amide bonds. The van der Waals surface area contributed by atoms with Gasteiger partial charge in [-0.2, -0.15) is 13.2 Å². The maximum Gasteiger partial charge on any atom is 0.416 e. The van der Waals surface area contributed by atoms with E-state index in [2.05, 4.69) is 5.32 Å². The summed E-state index contributed by atoms with van der Waals surface area (Å²) in [6.07, 6.45) is -0.885. The number of carbonyl (C=O) groups excluding carboxylic acids is 1. The fourth-order valence-electron chi connectivity index (χ4n) is 4.52. The Bertz CT molecular complexity index is 1560.